The highest BCUT2D eigenvalue weighted by Crippen LogP contribution is 2.16. The zero-order valence-electron chi connectivity index (χ0n) is 17.4. The summed E-state index contributed by atoms with van der Waals surface area (Å²) in [6.45, 7) is 3.79. The van der Waals surface area contributed by atoms with Crippen molar-refractivity contribution in [2.75, 3.05) is 19.7 Å². The van der Waals surface area contributed by atoms with Gasteiger partial charge in [0.05, 0.1) is 22.0 Å². The van der Waals surface area contributed by atoms with Crippen molar-refractivity contribution >= 4 is 27.0 Å². The van der Waals surface area contributed by atoms with Crippen LogP contribution in [0, 0.1) is 6.92 Å². The zero-order valence-corrected chi connectivity index (χ0v) is 18.2. The number of aryl methyl sites for hydroxylation is 1. The molecule has 1 fully saturated rings. The van der Waals surface area contributed by atoms with Crippen LogP contribution in [0.25, 0.3) is 11.0 Å². The molecule has 1 aromatic heterocycles. The predicted molar refractivity (Wildman–Crippen MR) is 117 cm³/mol. The zero-order chi connectivity index (χ0) is 21.8. The van der Waals surface area contributed by atoms with E-state index in [0.717, 1.165) is 29.7 Å². The molecular formula is C22H26N4O4S. The number of amides is 1. The molecule has 1 atom stereocenters. The van der Waals surface area contributed by atoms with E-state index in [-0.39, 0.29) is 23.5 Å². The molecule has 31 heavy (non-hydrogen) atoms. The van der Waals surface area contributed by atoms with Crippen molar-refractivity contribution in [3.05, 3.63) is 59.9 Å². The minimum absolute atomic E-state index is 0.0644. The summed E-state index contributed by atoms with van der Waals surface area (Å²) < 4.78 is 35.3. The van der Waals surface area contributed by atoms with Gasteiger partial charge in [0.15, 0.2) is 0 Å². The number of carbonyl (C=O) groups excluding carboxylic acids is 1. The van der Waals surface area contributed by atoms with E-state index < -0.39 is 10.0 Å². The molecule has 1 unspecified atom stereocenters. The van der Waals surface area contributed by atoms with Crippen LogP contribution in [0.15, 0.2) is 53.4 Å². The van der Waals surface area contributed by atoms with E-state index in [1.165, 1.54) is 12.1 Å². The van der Waals surface area contributed by atoms with Crippen LogP contribution < -0.4 is 10.0 Å². The number of nitrogens with zero attached hydrogens (tertiary/aromatic N) is 2. The molecule has 164 valence electrons. The Balaban J connectivity index is 1.38. The van der Waals surface area contributed by atoms with E-state index >= 15 is 0 Å². The maximum absolute atomic E-state index is 12.6. The van der Waals surface area contributed by atoms with Crippen molar-refractivity contribution in [3.8, 4) is 0 Å². The largest absolute Gasteiger partial charge is 0.377 e. The number of sulfonamides is 1. The van der Waals surface area contributed by atoms with Gasteiger partial charge in [-0.05, 0) is 50.1 Å². The minimum atomic E-state index is -3.71. The lowest BCUT2D eigenvalue weighted by Gasteiger charge is -2.12. The van der Waals surface area contributed by atoms with Gasteiger partial charge in [0.1, 0.15) is 5.82 Å². The van der Waals surface area contributed by atoms with E-state index in [2.05, 4.69) is 15.0 Å². The third-order valence-electron chi connectivity index (χ3n) is 5.40. The van der Waals surface area contributed by atoms with Gasteiger partial charge in [-0.1, -0.05) is 18.2 Å². The fourth-order valence-corrected chi connectivity index (χ4v) is 4.87. The molecule has 8 nitrogen and oxygen atoms in total. The van der Waals surface area contributed by atoms with Gasteiger partial charge in [-0.3, -0.25) is 4.79 Å². The number of rotatable bonds is 8. The highest BCUT2D eigenvalue weighted by molar-refractivity contribution is 7.89. The topological polar surface area (TPSA) is 102 Å². The van der Waals surface area contributed by atoms with Gasteiger partial charge in [0.2, 0.25) is 10.0 Å². The van der Waals surface area contributed by atoms with Crippen LogP contribution in [-0.4, -0.2) is 49.7 Å². The molecule has 3 aromatic rings. The monoisotopic (exact) mass is 442 g/mol. The third-order valence-corrected chi connectivity index (χ3v) is 6.82. The molecule has 0 bridgehead atoms. The predicted octanol–water partition coefficient (Wildman–Crippen LogP) is 2.23. The summed E-state index contributed by atoms with van der Waals surface area (Å²) in [5, 5.41) is 2.86. The van der Waals surface area contributed by atoms with E-state index in [0.29, 0.717) is 25.3 Å². The van der Waals surface area contributed by atoms with Gasteiger partial charge in [0, 0.05) is 31.8 Å². The molecule has 0 aliphatic carbocycles. The van der Waals surface area contributed by atoms with Crippen molar-refractivity contribution in [1.29, 1.82) is 0 Å². The maximum atomic E-state index is 12.6. The highest BCUT2D eigenvalue weighted by atomic mass is 32.2. The number of benzene rings is 2. The van der Waals surface area contributed by atoms with E-state index in [9.17, 15) is 13.2 Å². The molecule has 0 spiro atoms. The first-order valence-corrected chi connectivity index (χ1v) is 11.8. The maximum Gasteiger partial charge on any atom is 0.251 e. The molecule has 1 aliphatic rings. The molecule has 1 aliphatic heterocycles. The van der Waals surface area contributed by atoms with Crippen LogP contribution >= 0.6 is 0 Å². The summed E-state index contributed by atoms with van der Waals surface area (Å²) in [6, 6.07) is 13.9. The summed E-state index contributed by atoms with van der Waals surface area (Å²) in [7, 11) is -3.71. The molecule has 2 N–H and O–H groups in total. The number of ether oxygens (including phenoxy) is 1. The average Bonchev–Trinajstić information content (AvgIpc) is 3.40. The Morgan fingerprint density at radius 3 is 2.87 bits per heavy atom. The molecule has 1 amide bonds. The second-order valence-electron chi connectivity index (χ2n) is 7.57. The lowest BCUT2D eigenvalue weighted by molar-refractivity contribution is 0.0952. The van der Waals surface area contributed by atoms with E-state index in [1.54, 1.807) is 12.1 Å². The molecule has 1 saturated heterocycles. The van der Waals surface area contributed by atoms with Gasteiger partial charge in [0.25, 0.3) is 5.91 Å². The number of fused-ring (bicyclic) bond motifs is 1. The Bertz CT molecular complexity index is 1180. The quantitative estimate of drug-likeness (QED) is 0.557. The van der Waals surface area contributed by atoms with Crippen LogP contribution in [0.5, 0.6) is 0 Å². The van der Waals surface area contributed by atoms with Crippen molar-refractivity contribution in [2.45, 2.75) is 37.3 Å². The number of hydrogen-bond donors (Lipinski definition) is 2. The van der Waals surface area contributed by atoms with Crippen molar-refractivity contribution in [1.82, 2.24) is 19.6 Å². The second-order valence-corrected chi connectivity index (χ2v) is 9.34. The SMILES string of the molecule is Cc1nc2ccccc2n1CCNC(=O)c1cccc(S(=O)(=O)NCC2CCCO2)c1. The van der Waals surface area contributed by atoms with Crippen LogP contribution in [0.1, 0.15) is 29.0 Å². The van der Waals surface area contributed by atoms with Crippen LogP contribution in [0.3, 0.4) is 0 Å². The molecule has 2 aromatic carbocycles. The summed E-state index contributed by atoms with van der Waals surface area (Å²) in [4.78, 5) is 17.2. The molecule has 0 radical (unpaired) electrons. The number of hydrogen-bond acceptors (Lipinski definition) is 5. The van der Waals surface area contributed by atoms with Crippen LogP contribution in [0.4, 0.5) is 0 Å². The fourth-order valence-electron chi connectivity index (χ4n) is 3.76. The first-order valence-electron chi connectivity index (χ1n) is 10.4. The van der Waals surface area contributed by atoms with Crippen LogP contribution in [0.2, 0.25) is 0 Å². The van der Waals surface area contributed by atoms with Gasteiger partial charge in [-0.2, -0.15) is 0 Å². The lowest BCUT2D eigenvalue weighted by atomic mass is 10.2. The summed E-state index contributed by atoms with van der Waals surface area (Å²) in [5.74, 6) is 0.555. The van der Waals surface area contributed by atoms with Crippen LogP contribution in [-0.2, 0) is 21.3 Å². The fraction of sp³-hybridized carbons (Fsp3) is 0.364. The van der Waals surface area contributed by atoms with Gasteiger partial charge in [-0.15, -0.1) is 0 Å². The highest BCUT2D eigenvalue weighted by Gasteiger charge is 2.21. The number of para-hydroxylation sites is 2. The Hall–Kier alpha value is -2.75. The Kier molecular flexibility index (Phi) is 6.35. The first-order chi connectivity index (χ1) is 14.9. The average molecular weight is 443 g/mol. The van der Waals surface area contributed by atoms with Gasteiger partial charge in [-0.25, -0.2) is 18.1 Å². The summed E-state index contributed by atoms with van der Waals surface area (Å²) >= 11 is 0. The second kappa shape index (κ2) is 9.17. The van der Waals surface area contributed by atoms with Crippen molar-refractivity contribution < 1.29 is 17.9 Å². The molecule has 0 saturated carbocycles. The normalized spacial score (nSPS) is 16.6. The summed E-state index contributed by atoms with van der Waals surface area (Å²) in [6.07, 6.45) is 1.69. The lowest BCUT2D eigenvalue weighted by Crippen LogP contribution is -2.32. The Morgan fingerprint density at radius 1 is 1.23 bits per heavy atom. The molecule has 9 heteroatoms. The number of nitrogens with one attached hydrogen (secondary N) is 2. The van der Waals surface area contributed by atoms with Gasteiger partial charge >= 0.3 is 0 Å². The number of carbonyl (C=O) groups is 1. The third kappa shape index (κ3) is 4.95. The van der Waals surface area contributed by atoms with E-state index in [1.807, 2.05) is 35.8 Å². The Morgan fingerprint density at radius 2 is 2.06 bits per heavy atom. The first kappa shape index (κ1) is 21.5. The molecule has 2 heterocycles. The molecule has 4 rings (SSSR count). The number of aromatic nitrogens is 2. The number of imidazole rings is 1. The minimum Gasteiger partial charge on any atom is -0.377 e. The van der Waals surface area contributed by atoms with E-state index in [4.69, 9.17) is 4.74 Å². The smallest absolute Gasteiger partial charge is 0.251 e. The standard InChI is InChI=1S/C22H26N4O4S/c1-16-25-20-9-2-3-10-21(20)26(16)12-11-23-22(27)17-6-4-8-19(14-17)31(28,29)24-15-18-7-5-13-30-18/h2-4,6,8-10,14,18,24H,5,7,11-13,15H2,1H3,(H,23,27). The van der Waals surface area contributed by atoms with Gasteiger partial charge < -0.3 is 14.6 Å². The Labute approximate surface area is 181 Å². The molecular weight excluding hydrogens is 416 g/mol. The van der Waals surface area contributed by atoms with Crippen molar-refractivity contribution in [2.24, 2.45) is 0 Å². The summed E-state index contributed by atoms with van der Waals surface area (Å²) in [5.41, 5.74) is 2.23. The van der Waals surface area contributed by atoms with Crippen molar-refractivity contribution in [3.63, 3.8) is 0 Å².